The maximum absolute atomic E-state index is 12.4. The van der Waals surface area contributed by atoms with Crippen LogP contribution in [0.5, 0.6) is 5.75 Å². The SMILES string of the molecule is Cc1cnc(CNC(=O)c2ccc(OC3CCN(Cc4ccccn4)CC3)cc2)cn1. The second kappa shape index (κ2) is 10.1. The molecule has 31 heavy (non-hydrogen) atoms. The van der Waals surface area contributed by atoms with Gasteiger partial charge in [-0.2, -0.15) is 0 Å². The van der Waals surface area contributed by atoms with Gasteiger partial charge in [-0.05, 0) is 56.2 Å². The Hall–Kier alpha value is -3.32. The van der Waals surface area contributed by atoms with Crippen LogP contribution in [0, 0.1) is 6.92 Å². The number of hydrogen-bond acceptors (Lipinski definition) is 6. The lowest BCUT2D eigenvalue weighted by Gasteiger charge is -2.31. The quantitative estimate of drug-likeness (QED) is 0.636. The third-order valence-corrected chi connectivity index (χ3v) is 5.33. The first kappa shape index (κ1) is 20.9. The lowest BCUT2D eigenvalue weighted by molar-refractivity contribution is 0.0946. The van der Waals surface area contributed by atoms with Gasteiger partial charge in [-0.3, -0.25) is 24.6 Å². The van der Waals surface area contributed by atoms with Crippen molar-refractivity contribution in [2.24, 2.45) is 0 Å². The normalized spacial score (nSPS) is 14.9. The highest BCUT2D eigenvalue weighted by molar-refractivity contribution is 5.94. The van der Waals surface area contributed by atoms with Crippen molar-refractivity contribution in [2.75, 3.05) is 13.1 Å². The van der Waals surface area contributed by atoms with Crippen molar-refractivity contribution >= 4 is 5.91 Å². The van der Waals surface area contributed by atoms with Crippen LogP contribution < -0.4 is 10.1 Å². The summed E-state index contributed by atoms with van der Waals surface area (Å²) in [6.07, 6.45) is 7.36. The second-order valence-electron chi connectivity index (χ2n) is 7.77. The Morgan fingerprint density at radius 1 is 1.03 bits per heavy atom. The van der Waals surface area contributed by atoms with Crippen LogP contribution in [-0.2, 0) is 13.1 Å². The van der Waals surface area contributed by atoms with Crippen LogP contribution in [0.15, 0.2) is 61.1 Å². The average Bonchev–Trinajstić information content (AvgIpc) is 2.81. The van der Waals surface area contributed by atoms with E-state index in [-0.39, 0.29) is 12.0 Å². The highest BCUT2D eigenvalue weighted by atomic mass is 16.5. The zero-order chi connectivity index (χ0) is 21.5. The van der Waals surface area contributed by atoms with Gasteiger partial charge in [0.1, 0.15) is 11.9 Å². The summed E-state index contributed by atoms with van der Waals surface area (Å²) in [5, 5.41) is 2.87. The molecule has 0 bridgehead atoms. The molecule has 3 aromatic rings. The number of piperidine rings is 1. The molecule has 0 atom stereocenters. The molecule has 7 nitrogen and oxygen atoms in total. The zero-order valence-electron chi connectivity index (χ0n) is 17.7. The van der Waals surface area contributed by atoms with Crippen LogP contribution in [0.25, 0.3) is 0 Å². The van der Waals surface area contributed by atoms with Crippen LogP contribution in [0.1, 0.15) is 40.3 Å². The van der Waals surface area contributed by atoms with Crippen molar-refractivity contribution in [2.45, 2.75) is 39.0 Å². The molecule has 1 aromatic carbocycles. The molecule has 0 saturated carbocycles. The molecule has 1 N–H and O–H groups in total. The summed E-state index contributed by atoms with van der Waals surface area (Å²) < 4.78 is 6.14. The van der Waals surface area contributed by atoms with Gasteiger partial charge in [0.15, 0.2) is 0 Å². The number of pyridine rings is 1. The molecule has 160 valence electrons. The smallest absolute Gasteiger partial charge is 0.251 e. The number of carbonyl (C=O) groups is 1. The van der Waals surface area contributed by atoms with Crippen LogP contribution in [0.2, 0.25) is 0 Å². The van der Waals surface area contributed by atoms with E-state index in [2.05, 4.69) is 31.2 Å². The number of hydrogen-bond donors (Lipinski definition) is 1. The van der Waals surface area contributed by atoms with Crippen LogP contribution >= 0.6 is 0 Å². The number of nitrogens with zero attached hydrogens (tertiary/aromatic N) is 4. The molecule has 1 aliphatic rings. The molecule has 1 saturated heterocycles. The van der Waals surface area contributed by atoms with E-state index in [9.17, 15) is 4.79 Å². The van der Waals surface area contributed by atoms with Crippen molar-refractivity contribution in [3.05, 3.63) is 83.7 Å². The van der Waals surface area contributed by atoms with Crippen LogP contribution in [-0.4, -0.2) is 45.0 Å². The molecule has 3 heterocycles. The van der Waals surface area contributed by atoms with Gasteiger partial charge < -0.3 is 10.1 Å². The lowest BCUT2D eigenvalue weighted by atomic mass is 10.1. The standard InChI is InChI=1S/C24H27N5O2/c1-18-14-27-21(15-26-18)16-28-24(30)19-5-7-22(8-6-19)31-23-9-12-29(13-10-23)17-20-4-2-3-11-25-20/h2-8,11,14-15,23H,9-10,12-13,16-17H2,1H3,(H,28,30). The Morgan fingerprint density at radius 3 is 2.52 bits per heavy atom. The van der Waals surface area contributed by atoms with Gasteiger partial charge in [-0.15, -0.1) is 0 Å². The van der Waals surface area contributed by atoms with E-state index in [0.29, 0.717) is 12.1 Å². The summed E-state index contributed by atoms with van der Waals surface area (Å²) >= 11 is 0. The van der Waals surface area contributed by atoms with E-state index in [1.54, 1.807) is 24.5 Å². The van der Waals surface area contributed by atoms with Crippen molar-refractivity contribution in [1.82, 2.24) is 25.2 Å². The highest BCUT2D eigenvalue weighted by Crippen LogP contribution is 2.20. The van der Waals surface area contributed by atoms with E-state index < -0.39 is 0 Å². The monoisotopic (exact) mass is 417 g/mol. The van der Waals surface area contributed by atoms with E-state index in [1.165, 1.54) is 0 Å². The maximum atomic E-state index is 12.4. The summed E-state index contributed by atoms with van der Waals surface area (Å²) in [5.74, 6) is 0.654. The Morgan fingerprint density at radius 2 is 1.84 bits per heavy atom. The molecule has 7 heteroatoms. The zero-order valence-corrected chi connectivity index (χ0v) is 17.7. The molecular formula is C24H27N5O2. The van der Waals surface area contributed by atoms with E-state index >= 15 is 0 Å². The molecule has 2 aromatic heterocycles. The molecular weight excluding hydrogens is 390 g/mol. The maximum Gasteiger partial charge on any atom is 0.251 e. The predicted molar refractivity (Wildman–Crippen MR) is 118 cm³/mol. The summed E-state index contributed by atoms with van der Waals surface area (Å²) in [6.45, 7) is 5.09. The number of aryl methyl sites for hydroxylation is 1. The van der Waals surface area contributed by atoms with Crippen LogP contribution in [0.3, 0.4) is 0 Å². The van der Waals surface area contributed by atoms with Gasteiger partial charge in [-0.25, -0.2) is 0 Å². The first-order valence-corrected chi connectivity index (χ1v) is 10.6. The fraction of sp³-hybridized carbons (Fsp3) is 0.333. The Bertz CT molecular complexity index is 969. The summed E-state index contributed by atoms with van der Waals surface area (Å²) in [5.41, 5.74) is 3.28. The lowest BCUT2D eigenvalue weighted by Crippen LogP contribution is -2.37. The average molecular weight is 418 g/mol. The van der Waals surface area contributed by atoms with Gasteiger partial charge >= 0.3 is 0 Å². The fourth-order valence-electron chi connectivity index (χ4n) is 3.57. The number of carbonyl (C=O) groups excluding carboxylic acids is 1. The topological polar surface area (TPSA) is 80.2 Å². The van der Waals surface area contributed by atoms with E-state index in [1.807, 2.05) is 37.4 Å². The largest absolute Gasteiger partial charge is 0.490 e. The summed E-state index contributed by atoms with van der Waals surface area (Å²) in [6, 6.07) is 13.3. The van der Waals surface area contributed by atoms with Crippen molar-refractivity contribution in [1.29, 1.82) is 0 Å². The van der Waals surface area contributed by atoms with Gasteiger partial charge in [0.2, 0.25) is 0 Å². The van der Waals surface area contributed by atoms with Crippen LogP contribution in [0.4, 0.5) is 0 Å². The third-order valence-electron chi connectivity index (χ3n) is 5.33. The van der Waals surface area contributed by atoms with Crippen molar-refractivity contribution in [3.8, 4) is 5.75 Å². The number of rotatable bonds is 7. The first-order valence-electron chi connectivity index (χ1n) is 10.6. The van der Waals surface area contributed by atoms with E-state index in [0.717, 1.165) is 55.3 Å². The van der Waals surface area contributed by atoms with Crippen molar-refractivity contribution < 1.29 is 9.53 Å². The minimum absolute atomic E-state index is 0.142. The minimum Gasteiger partial charge on any atom is -0.490 e. The molecule has 1 aliphatic heterocycles. The number of benzene rings is 1. The Kier molecular flexibility index (Phi) is 6.84. The molecule has 4 rings (SSSR count). The number of aromatic nitrogens is 3. The van der Waals surface area contributed by atoms with E-state index in [4.69, 9.17) is 4.74 Å². The molecule has 0 unspecified atom stereocenters. The molecule has 0 aliphatic carbocycles. The molecule has 1 amide bonds. The molecule has 0 spiro atoms. The van der Waals surface area contributed by atoms with Gasteiger partial charge in [0.25, 0.3) is 5.91 Å². The number of ether oxygens (including phenoxy) is 1. The number of likely N-dealkylation sites (tertiary alicyclic amines) is 1. The Labute approximate surface area is 182 Å². The fourth-order valence-corrected chi connectivity index (χ4v) is 3.57. The molecule has 0 radical (unpaired) electrons. The first-order chi connectivity index (χ1) is 15.2. The predicted octanol–water partition coefficient (Wildman–Crippen LogP) is 3.15. The minimum atomic E-state index is -0.142. The summed E-state index contributed by atoms with van der Waals surface area (Å²) in [4.78, 5) is 27.6. The third kappa shape index (κ3) is 6.08. The second-order valence-corrected chi connectivity index (χ2v) is 7.77. The summed E-state index contributed by atoms with van der Waals surface area (Å²) in [7, 11) is 0. The van der Waals surface area contributed by atoms with Gasteiger partial charge in [0, 0.05) is 37.6 Å². The van der Waals surface area contributed by atoms with Gasteiger partial charge in [-0.1, -0.05) is 6.07 Å². The van der Waals surface area contributed by atoms with Crippen molar-refractivity contribution in [3.63, 3.8) is 0 Å². The van der Waals surface area contributed by atoms with Gasteiger partial charge in [0.05, 0.1) is 29.8 Å². The highest BCUT2D eigenvalue weighted by Gasteiger charge is 2.21. The number of nitrogens with one attached hydrogen (secondary N) is 1. The molecule has 1 fully saturated rings. The Balaban J connectivity index is 1.22. The number of amides is 1.